The number of ether oxygens (including phenoxy) is 1. The molecule has 6 nitrogen and oxygen atoms in total. The van der Waals surface area contributed by atoms with Gasteiger partial charge in [-0.15, -0.1) is 0 Å². The molecular formula is C14H21N5OS. The molecule has 0 spiro atoms. The lowest BCUT2D eigenvalue weighted by Gasteiger charge is -2.26. The first-order valence-corrected chi connectivity index (χ1v) is 7.46. The largest absolute Gasteiger partial charge is 0.379 e. The minimum Gasteiger partial charge on any atom is -0.379 e. The molecule has 7 heteroatoms. The predicted molar refractivity (Wildman–Crippen MR) is 87.4 cm³/mol. The third kappa shape index (κ3) is 5.74. The third-order valence-corrected chi connectivity index (χ3v) is 3.41. The van der Waals surface area contributed by atoms with E-state index in [1.165, 1.54) is 0 Å². The lowest BCUT2D eigenvalue weighted by Crippen LogP contribution is -2.42. The van der Waals surface area contributed by atoms with E-state index in [1.54, 1.807) is 6.20 Å². The van der Waals surface area contributed by atoms with Gasteiger partial charge in [0.2, 0.25) is 0 Å². The van der Waals surface area contributed by atoms with Crippen LogP contribution >= 0.6 is 12.2 Å². The van der Waals surface area contributed by atoms with E-state index in [4.69, 9.17) is 17.0 Å². The van der Waals surface area contributed by atoms with Gasteiger partial charge in [-0.1, -0.05) is 6.07 Å². The molecule has 1 aliphatic heterocycles. The van der Waals surface area contributed by atoms with E-state index in [1.807, 2.05) is 25.1 Å². The highest BCUT2D eigenvalue weighted by Crippen LogP contribution is 1.96. The molecule has 114 valence electrons. The Morgan fingerprint density at radius 3 is 2.95 bits per heavy atom. The molecule has 0 bridgehead atoms. The van der Waals surface area contributed by atoms with E-state index >= 15 is 0 Å². The van der Waals surface area contributed by atoms with Gasteiger partial charge in [0.25, 0.3) is 0 Å². The fraction of sp³-hybridized carbons (Fsp3) is 0.500. The molecular weight excluding hydrogens is 286 g/mol. The molecule has 0 aromatic carbocycles. The van der Waals surface area contributed by atoms with Crippen LogP contribution < -0.4 is 10.7 Å². The van der Waals surface area contributed by atoms with Crippen molar-refractivity contribution in [3.05, 3.63) is 30.1 Å². The third-order valence-electron chi connectivity index (χ3n) is 3.18. The Balaban J connectivity index is 1.67. The van der Waals surface area contributed by atoms with Gasteiger partial charge >= 0.3 is 0 Å². The minimum absolute atomic E-state index is 0.526. The summed E-state index contributed by atoms with van der Waals surface area (Å²) >= 11 is 5.20. The fourth-order valence-corrected chi connectivity index (χ4v) is 2.11. The Hall–Kier alpha value is -1.57. The molecule has 2 rings (SSSR count). The average molecular weight is 307 g/mol. The second-order valence-electron chi connectivity index (χ2n) is 4.73. The zero-order valence-corrected chi connectivity index (χ0v) is 13.0. The standard InChI is InChI=1S/C14H21N5OS/c1-12(13-4-2-3-5-15-13)17-18-14(21)16-6-7-19-8-10-20-11-9-19/h2-5H,6-11H2,1H3,(H2,16,18,21). The van der Waals surface area contributed by atoms with E-state index in [2.05, 4.69) is 25.7 Å². The summed E-state index contributed by atoms with van der Waals surface area (Å²) < 4.78 is 5.31. The Bertz CT molecular complexity index is 474. The number of rotatable bonds is 5. The maximum absolute atomic E-state index is 5.31. The molecule has 0 aliphatic carbocycles. The number of nitrogens with zero attached hydrogens (tertiary/aromatic N) is 3. The summed E-state index contributed by atoms with van der Waals surface area (Å²) in [7, 11) is 0. The summed E-state index contributed by atoms with van der Waals surface area (Å²) in [6.45, 7) is 7.24. The smallest absolute Gasteiger partial charge is 0.187 e. The molecule has 1 fully saturated rings. The highest BCUT2D eigenvalue weighted by atomic mass is 32.1. The van der Waals surface area contributed by atoms with Gasteiger partial charge in [0, 0.05) is 32.4 Å². The van der Waals surface area contributed by atoms with Gasteiger partial charge in [0.05, 0.1) is 24.6 Å². The van der Waals surface area contributed by atoms with Crippen LogP contribution in [0, 0.1) is 0 Å². The van der Waals surface area contributed by atoms with Crippen molar-refractivity contribution >= 4 is 23.0 Å². The summed E-state index contributed by atoms with van der Waals surface area (Å²) in [6.07, 6.45) is 1.74. The summed E-state index contributed by atoms with van der Waals surface area (Å²) in [5, 5.41) is 7.90. The predicted octanol–water partition coefficient (Wildman–Crippen LogP) is 0.602. The Morgan fingerprint density at radius 2 is 2.24 bits per heavy atom. The molecule has 21 heavy (non-hydrogen) atoms. The van der Waals surface area contributed by atoms with E-state index < -0.39 is 0 Å². The van der Waals surface area contributed by atoms with Gasteiger partial charge in [-0.25, -0.2) is 0 Å². The van der Waals surface area contributed by atoms with Crippen molar-refractivity contribution in [3.8, 4) is 0 Å². The average Bonchev–Trinajstić information content (AvgIpc) is 2.54. The first-order chi connectivity index (χ1) is 10.3. The number of hydrogen-bond donors (Lipinski definition) is 2. The highest BCUT2D eigenvalue weighted by Gasteiger charge is 2.09. The van der Waals surface area contributed by atoms with E-state index in [0.717, 1.165) is 50.8 Å². The van der Waals surface area contributed by atoms with Gasteiger partial charge in [-0.3, -0.25) is 15.3 Å². The van der Waals surface area contributed by atoms with Crippen LogP contribution in [0.15, 0.2) is 29.5 Å². The van der Waals surface area contributed by atoms with E-state index in [-0.39, 0.29) is 0 Å². The van der Waals surface area contributed by atoms with Crippen molar-refractivity contribution in [2.24, 2.45) is 5.10 Å². The van der Waals surface area contributed by atoms with Crippen LogP contribution in [0.1, 0.15) is 12.6 Å². The van der Waals surface area contributed by atoms with Gasteiger partial charge < -0.3 is 10.1 Å². The summed E-state index contributed by atoms with van der Waals surface area (Å²) in [5.41, 5.74) is 4.48. The van der Waals surface area contributed by atoms with Crippen molar-refractivity contribution in [1.82, 2.24) is 20.6 Å². The molecule has 1 aromatic rings. The van der Waals surface area contributed by atoms with E-state index in [0.29, 0.717) is 5.11 Å². The molecule has 0 radical (unpaired) electrons. The molecule has 1 aromatic heterocycles. The van der Waals surface area contributed by atoms with Crippen molar-refractivity contribution < 1.29 is 4.74 Å². The number of aromatic nitrogens is 1. The first-order valence-electron chi connectivity index (χ1n) is 7.05. The van der Waals surface area contributed by atoms with Crippen molar-refractivity contribution in [1.29, 1.82) is 0 Å². The van der Waals surface area contributed by atoms with Gasteiger partial charge in [0.1, 0.15) is 0 Å². The Kier molecular flexibility index (Phi) is 6.52. The molecule has 0 amide bonds. The summed E-state index contributed by atoms with van der Waals surface area (Å²) in [4.78, 5) is 6.58. The number of pyridine rings is 1. The van der Waals surface area contributed by atoms with Crippen LogP contribution in [0.4, 0.5) is 0 Å². The molecule has 1 aliphatic rings. The lowest BCUT2D eigenvalue weighted by molar-refractivity contribution is 0.0389. The van der Waals surface area contributed by atoms with Crippen molar-refractivity contribution in [3.63, 3.8) is 0 Å². The summed E-state index contributed by atoms with van der Waals surface area (Å²) in [6, 6.07) is 5.72. The van der Waals surface area contributed by atoms with Gasteiger partial charge in [0.15, 0.2) is 5.11 Å². The molecule has 0 atom stereocenters. The Morgan fingerprint density at radius 1 is 1.43 bits per heavy atom. The zero-order valence-electron chi connectivity index (χ0n) is 12.2. The van der Waals surface area contributed by atoms with Crippen molar-refractivity contribution in [2.75, 3.05) is 39.4 Å². The molecule has 0 unspecified atom stereocenters. The highest BCUT2D eigenvalue weighted by molar-refractivity contribution is 7.80. The topological polar surface area (TPSA) is 61.8 Å². The number of thiocarbonyl (C=S) groups is 1. The molecule has 2 N–H and O–H groups in total. The maximum atomic E-state index is 5.31. The van der Waals surface area contributed by atoms with Gasteiger partial charge in [-0.2, -0.15) is 5.10 Å². The van der Waals surface area contributed by atoms with Crippen LogP contribution in [0.25, 0.3) is 0 Å². The van der Waals surface area contributed by atoms with Crippen LogP contribution in [0.3, 0.4) is 0 Å². The maximum Gasteiger partial charge on any atom is 0.187 e. The van der Waals surface area contributed by atoms with Crippen LogP contribution in [0.5, 0.6) is 0 Å². The second kappa shape index (κ2) is 8.66. The number of hydrazone groups is 1. The number of hydrogen-bond acceptors (Lipinski definition) is 5. The van der Waals surface area contributed by atoms with Crippen LogP contribution in [0.2, 0.25) is 0 Å². The zero-order chi connectivity index (χ0) is 14.9. The molecule has 1 saturated heterocycles. The van der Waals surface area contributed by atoms with E-state index in [9.17, 15) is 0 Å². The van der Waals surface area contributed by atoms with Crippen LogP contribution in [-0.4, -0.2) is 60.1 Å². The Labute approximate surface area is 130 Å². The number of nitrogens with one attached hydrogen (secondary N) is 2. The van der Waals surface area contributed by atoms with Gasteiger partial charge in [-0.05, 0) is 31.3 Å². The fourth-order valence-electron chi connectivity index (χ4n) is 1.96. The first kappa shape index (κ1) is 15.8. The monoisotopic (exact) mass is 307 g/mol. The summed E-state index contributed by atoms with van der Waals surface area (Å²) in [5.74, 6) is 0. The normalized spacial score (nSPS) is 16.5. The lowest BCUT2D eigenvalue weighted by atomic mass is 10.3. The van der Waals surface area contributed by atoms with Crippen molar-refractivity contribution in [2.45, 2.75) is 6.92 Å². The molecule has 2 heterocycles. The quantitative estimate of drug-likeness (QED) is 0.472. The number of morpholine rings is 1. The molecule has 0 saturated carbocycles. The second-order valence-corrected chi connectivity index (χ2v) is 5.14. The minimum atomic E-state index is 0.526. The van der Waals surface area contributed by atoms with Crippen LogP contribution in [-0.2, 0) is 4.74 Å². The SMILES string of the molecule is CC(=NNC(=S)NCCN1CCOCC1)c1ccccn1.